The molecule has 2 aromatic carbocycles. The molecule has 5 rings (SSSR count). The number of hydrogen-bond acceptors (Lipinski definition) is 5. The highest BCUT2D eigenvalue weighted by atomic mass is 32.1. The maximum absolute atomic E-state index is 12.8. The fourth-order valence-corrected chi connectivity index (χ4v) is 5.69. The lowest BCUT2D eigenvalue weighted by atomic mass is 9.96. The third kappa shape index (κ3) is 5.33. The summed E-state index contributed by atoms with van der Waals surface area (Å²) < 4.78 is 7.12. The second-order valence-electron chi connectivity index (χ2n) is 9.65. The molecule has 4 aromatic rings. The van der Waals surface area contributed by atoms with Gasteiger partial charge in [0.05, 0.1) is 36.1 Å². The van der Waals surface area contributed by atoms with Crippen molar-refractivity contribution in [3.63, 3.8) is 0 Å². The van der Waals surface area contributed by atoms with Crippen molar-refractivity contribution in [2.75, 3.05) is 19.0 Å². The summed E-state index contributed by atoms with van der Waals surface area (Å²) in [5.74, 6) is -0.489. The lowest BCUT2D eigenvalue weighted by Gasteiger charge is -2.28. The third-order valence-corrected chi connectivity index (χ3v) is 7.53. The first-order valence-corrected chi connectivity index (χ1v) is 13.5. The summed E-state index contributed by atoms with van der Waals surface area (Å²) >= 11 is 5.81. The minimum absolute atomic E-state index is 0.0912. The summed E-state index contributed by atoms with van der Waals surface area (Å²) in [5, 5.41) is 6.98. The molecule has 1 aliphatic heterocycles. The second-order valence-corrected chi connectivity index (χ2v) is 10.0. The molecule has 0 aliphatic carbocycles. The van der Waals surface area contributed by atoms with Crippen molar-refractivity contribution in [3.05, 3.63) is 113 Å². The number of carbonyl (C=O) groups excluding carboxylic acids is 2. The number of methoxy groups -OCH3 is 1. The molecule has 204 valence electrons. The standard InChI is InChI=1S/C31H31N5O3S/c1-20-19-24(21(2)36(20)26-15-8-7-13-23(26)30(38)39-3)29-28(25-14-9-10-17-32-25)34-31(40)35(29)18-16-27(37)33-22-11-5-4-6-12-22/h4-15,17,19,28-29H,16,18H2,1-3H3,(H,33,37)(H,34,40)/t28-,29+/m0/s1. The van der Waals surface area contributed by atoms with Crippen LogP contribution in [0.4, 0.5) is 5.69 Å². The summed E-state index contributed by atoms with van der Waals surface area (Å²) in [6.07, 6.45) is 2.02. The number of hydrogen-bond donors (Lipinski definition) is 2. The van der Waals surface area contributed by atoms with Crippen LogP contribution in [0.25, 0.3) is 5.69 Å². The van der Waals surface area contributed by atoms with Crippen molar-refractivity contribution in [1.29, 1.82) is 0 Å². The van der Waals surface area contributed by atoms with E-state index in [2.05, 4.69) is 31.2 Å². The average Bonchev–Trinajstić information content (AvgIpc) is 3.46. The van der Waals surface area contributed by atoms with Crippen molar-refractivity contribution in [2.24, 2.45) is 0 Å². The third-order valence-electron chi connectivity index (χ3n) is 7.17. The molecule has 1 aliphatic rings. The first kappa shape index (κ1) is 27.1. The van der Waals surface area contributed by atoms with Gasteiger partial charge in [-0.1, -0.05) is 36.4 Å². The van der Waals surface area contributed by atoms with E-state index < -0.39 is 5.97 Å². The van der Waals surface area contributed by atoms with Gasteiger partial charge in [-0.3, -0.25) is 9.78 Å². The number of nitrogens with zero attached hydrogens (tertiary/aromatic N) is 3. The zero-order valence-electron chi connectivity index (χ0n) is 22.6. The zero-order chi connectivity index (χ0) is 28.2. The summed E-state index contributed by atoms with van der Waals surface area (Å²) in [4.78, 5) is 32.1. The topological polar surface area (TPSA) is 88.5 Å². The number of anilines is 1. The Balaban J connectivity index is 1.52. The van der Waals surface area contributed by atoms with Crippen molar-refractivity contribution in [3.8, 4) is 5.69 Å². The number of thiocarbonyl (C=S) groups is 1. The fraction of sp³-hybridized carbons (Fsp3) is 0.226. The van der Waals surface area contributed by atoms with E-state index in [1.807, 2.05) is 80.6 Å². The molecule has 2 atom stereocenters. The highest BCUT2D eigenvalue weighted by Crippen LogP contribution is 2.41. The Morgan fingerprint density at radius 2 is 1.75 bits per heavy atom. The number of pyridine rings is 1. The van der Waals surface area contributed by atoms with Gasteiger partial charge in [0.1, 0.15) is 0 Å². The van der Waals surface area contributed by atoms with Crippen LogP contribution in [0.5, 0.6) is 0 Å². The van der Waals surface area contributed by atoms with E-state index in [0.29, 0.717) is 17.2 Å². The van der Waals surface area contributed by atoms with Gasteiger partial charge in [-0.25, -0.2) is 4.79 Å². The molecule has 40 heavy (non-hydrogen) atoms. The summed E-state index contributed by atoms with van der Waals surface area (Å²) in [6, 6.07) is 24.3. The van der Waals surface area contributed by atoms with Crippen LogP contribution >= 0.6 is 12.2 Å². The smallest absolute Gasteiger partial charge is 0.339 e. The van der Waals surface area contributed by atoms with E-state index in [1.54, 1.807) is 12.3 Å². The second kappa shape index (κ2) is 11.7. The van der Waals surface area contributed by atoms with Crippen LogP contribution in [0.2, 0.25) is 0 Å². The number of aryl methyl sites for hydroxylation is 1. The van der Waals surface area contributed by atoms with Crippen LogP contribution in [0.3, 0.4) is 0 Å². The molecule has 1 saturated heterocycles. The lowest BCUT2D eigenvalue weighted by Crippen LogP contribution is -2.32. The van der Waals surface area contributed by atoms with Gasteiger partial charge in [-0.15, -0.1) is 0 Å². The maximum atomic E-state index is 12.8. The zero-order valence-corrected chi connectivity index (χ0v) is 23.4. The number of benzene rings is 2. The molecular formula is C31H31N5O3S. The quantitative estimate of drug-likeness (QED) is 0.227. The molecule has 2 aromatic heterocycles. The normalized spacial score (nSPS) is 16.5. The van der Waals surface area contributed by atoms with Crippen molar-refractivity contribution < 1.29 is 14.3 Å². The monoisotopic (exact) mass is 553 g/mol. The summed E-state index contributed by atoms with van der Waals surface area (Å²) in [5.41, 5.74) is 5.79. The molecule has 9 heteroatoms. The van der Waals surface area contributed by atoms with E-state index in [9.17, 15) is 9.59 Å². The molecular weight excluding hydrogens is 522 g/mol. The number of ether oxygens (including phenoxy) is 1. The van der Waals surface area contributed by atoms with Gasteiger partial charge in [0.25, 0.3) is 0 Å². The maximum Gasteiger partial charge on any atom is 0.339 e. The van der Waals surface area contributed by atoms with Gasteiger partial charge in [0.2, 0.25) is 5.91 Å². The van der Waals surface area contributed by atoms with Crippen molar-refractivity contribution >= 4 is 34.9 Å². The fourth-order valence-electron chi connectivity index (χ4n) is 5.36. The predicted octanol–water partition coefficient (Wildman–Crippen LogP) is 5.28. The minimum Gasteiger partial charge on any atom is -0.465 e. The Labute approximate surface area is 239 Å². The number of aromatic nitrogens is 2. The molecule has 2 N–H and O–H groups in total. The van der Waals surface area contributed by atoms with Crippen LogP contribution in [-0.4, -0.2) is 45.1 Å². The molecule has 0 unspecified atom stereocenters. The number of nitrogens with one attached hydrogen (secondary N) is 2. The molecule has 0 radical (unpaired) electrons. The number of rotatable bonds is 8. The van der Waals surface area contributed by atoms with Crippen LogP contribution in [0.15, 0.2) is 85.1 Å². The van der Waals surface area contributed by atoms with E-state index >= 15 is 0 Å². The number of para-hydroxylation sites is 2. The summed E-state index contributed by atoms with van der Waals surface area (Å²) in [7, 11) is 1.38. The van der Waals surface area contributed by atoms with Crippen LogP contribution in [0, 0.1) is 13.8 Å². The Kier molecular flexibility index (Phi) is 7.93. The molecule has 8 nitrogen and oxygen atoms in total. The highest BCUT2D eigenvalue weighted by molar-refractivity contribution is 7.80. The SMILES string of the molecule is COC(=O)c1ccccc1-n1c(C)cc([C@@H]2[C@H](c3ccccn3)NC(=S)N2CCC(=O)Nc2ccccc2)c1C. The van der Waals surface area contributed by atoms with Crippen molar-refractivity contribution in [2.45, 2.75) is 32.4 Å². The van der Waals surface area contributed by atoms with Gasteiger partial charge in [0.15, 0.2) is 5.11 Å². The van der Waals surface area contributed by atoms with Gasteiger partial charge < -0.3 is 24.8 Å². The molecule has 0 saturated carbocycles. The number of amides is 1. The van der Waals surface area contributed by atoms with Gasteiger partial charge >= 0.3 is 5.97 Å². The summed E-state index contributed by atoms with van der Waals surface area (Å²) in [6.45, 7) is 4.47. The van der Waals surface area contributed by atoms with E-state index in [0.717, 1.165) is 34.0 Å². The van der Waals surface area contributed by atoms with E-state index in [4.69, 9.17) is 17.0 Å². The highest BCUT2D eigenvalue weighted by Gasteiger charge is 2.41. The van der Waals surface area contributed by atoms with Crippen LogP contribution < -0.4 is 10.6 Å². The van der Waals surface area contributed by atoms with Gasteiger partial charge in [-0.05, 0) is 74.1 Å². The molecule has 1 fully saturated rings. The van der Waals surface area contributed by atoms with Crippen LogP contribution in [0.1, 0.15) is 51.5 Å². The molecule has 1 amide bonds. The van der Waals surface area contributed by atoms with E-state index in [-0.39, 0.29) is 24.4 Å². The Morgan fingerprint density at radius 1 is 1.02 bits per heavy atom. The molecule has 0 spiro atoms. The lowest BCUT2D eigenvalue weighted by molar-refractivity contribution is -0.116. The molecule has 0 bridgehead atoms. The minimum atomic E-state index is -0.397. The predicted molar refractivity (Wildman–Crippen MR) is 158 cm³/mol. The average molecular weight is 554 g/mol. The Bertz CT molecular complexity index is 1540. The first-order chi connectivity index (χ1) is 19.4. The molecule has 3 heterocycles. The van der Waals surface area contributed by atoms with Crippen molar-refractivity contribution in [1.82, 2.24) is 19.8 Å². The number of carbonyl (C=O) groups is 2. The van der Waals surface area contributed by atoms with E-state index in [1.165, 1.54) is 7.11 Å². The number of esters is 1. The van der Waals surface area contributed by atoms with Crippen LogP contribution in [-0.2, 0) is 9.53 Å². The Hall–Kier alpha value is -4.50. The first-order valence-electron chi connectivity index (χ1n) is 13.1. The van der Waals surface area contributed by atoms with Gasteiger partial charge in [-0.2, -0.15) is 0 Å². The van der Waals surface area contributed by atoms with Gasteiger partial charge in [0, 0.05) is 36.2 Å². The Morgan fingerprint density at radius 3 is 2.48 bits per heavy atom. The largest absolute Gasteiger partial charge is 0.465 e.